The number of nitrogens with zero attached hydrogens (tertiary/aromatic N) is 1. The molecule has 1 rings (SSSR count). The molecular weight excluding hydrogens is 206 g/mol. The fourth-order valence-corrected chi connectivity index (χ4v) is 2.72. The van der Waals surface area contributed by atoms with Gasteiger partial charge in [-0.1, -0.05) is 41.0 Å². The molecule has 0 bridgehead atoms. The third kappa shape index (κ3) is 4.14. The van der Waals surface area contributed by atoms with Crippen LogP contribution in [0, 0.1) is 23.7 Å². The monoisotopic (exact) mass is 232 g/mol. The minimum atomic E-state index is 0.657. The Labute approximate surface area is 107 Å². The van der Waals surface area contributed by atoms with Crippen molar-refractivity contribution in [3.63, 3.8) is 0 Å². The number of pyridine rings is 1. The molecule has 0 aliphatic carbocycles. The molecule has 1 aromatic rings. The maximum absolute atomic E-state index is 4.07. The van der Waals surface area contributed by atoms with Crippen LogP contribution >= 0.6 is 0 Å². The minimum Gasteiger partial charge on any atom is -0.265 e. The molecular formula is C16H26N. The van der Waals surface area contributed by atoms with Crippen molar-refractivity contribution in [2.45, 2.75) is 47.5 Å². The van der Waals surface area contributed by atoms with E-state index in [0.29, 0.717) is 5.92 Å². The van der Waals surface area contributed by atoms with Gasteiger partial charge in [-0.05, 0) is 47.8 Å². The molecule has 1 radical (unpaired) electrons. The quantitative estimate of drug-likeness (QED) is 0.702. The van der Waals surface area contributed by atoms with Crippen molar-refractivity contribution in [2.24, 2.45) is 17.8 Å². The highest BCUT2D eigenvalue weighted by Crippen LogP contribution is 2.33. The average Bonchev–Trinajstić information content (AvgIpc) is 2.30. The zero-order valence-corrected chi connectivity index (χ0v) is 11.9. The number of hydrogen-bond acceptors (Lipinski definition) is 1. The van der Waals surface area contributed by atoms with Crippen LogP contribution in [0.5, 0.6) is 0 Å². The Morgan fingerprint density at radius 3 is 2.24 bits per heavy atom. The fourth-order valence-electron chi connectivity index (χ4n) is 2.72. The van der Waals surface area contributed by atoms with Gasteiger partial charge in [0, 0.05) is 12.4 Å². The Bertz CT molecular complexity index is 305. The highest BCUT2D eigenvalue weighted by Gasteiger charge is 2.24. The molecule has 0 aromatic carbocycles. The standard InChI is InChI=1S/C16H26N/c1-6-16(12(2)3)14(5)13(4)11-15-7-9-17-10-8-15/h7-10,12-13,16H,6,11H2,1-5H3. The van der Waals surface area contributed by atoms with E-state index in [0.717, 1.165) is 18.3 Å². The Balaban J connectivity index is 2.60. The Kier molecular flexibility index (Phi) is 5.67. The van der Waals surface area contributed by atoms with Crippen LogP contribution in [-0.2, 0) is 6.42 Å². The topological polar surface area (TPSA) is 12.9 Å². The number of rotatable bonds is 6. The lowest BCUT2D eigenvalue weighted by molar-refractivity contribution is 0.337. The third-order valence-corrected chi connectivity index (χ3v) is 3.90. The molecule has 1 heterocycles. The van der Waals surface area contributed by atoms with Crippen molar-refractivity contribution in [3.8, 4) is 0 Å². The van der Waals surface area contributed by atoms with Crippen molar-refractivity contribution in [1.82, 2.24) is 4.98 Å². The number of aromatic nitrogens is 1. The lowest BCUT2D eigenvalue weighted by atomic mass is 9.75. The zero-order valence-electron chi connectivity index (χ0n) is 11.9. The SMILES string of the molecule is CCC([C](C)C(C)Cc1ccncc1)C(C)C. The molecule has 2 atom stereocenters. The molecule has 1 nitrogen and oxygen atoms in total. The highest BCUT2D eigenvalue weighted by atomic mass is 14.6. The second-order valence-electron chi connectivity index (χ2n) is 5.46. The summed E-state index contributed by atoms with van der Waals surface area (Å²) in [6.45, 7) is 11.6. The van der Waals surface area contributed by atoms with Gasteiger partial charge in [-0.2, -0.15) is 0 Å². The molecule has 1 heteroatoms. The first-order chi connectivity index (χ1) is 8.06. The van der Waals surface area contributed by atoms with E-state index in [9.17, 15) is 0 Å². The summed E-state index contributed by atoms with van der Waals surface area (Å²) < 4.78 is 0. The van der Waals surface area contributed by atoms with Crippen molar-refractivity contribution in [2.75, 3.05) is 0 Å². The summed E-state index contributed by atoms with van der Waals surface area (Å²) in [5, 5.41) is 0. The first-order valence-corrected chi connectivity index (χ1v) is 6.78. The molecule has 0 amide bonds. The van der Waals surface area contributed by atoms with Crippen LogP contribution in [0.15, 0.2) is 24.5 Å². The molecule has 17 heavy (non-hydrogen) atoms. The van der Waals surface area contributed by atoms with Crippen LogP contribution in [0.4, 0.5) is 0 Å². The summed E-state index contributed by atoms with van der Waals surface area (Å²) in [6, 6.07) is 4.25. The lowest BCUT2D eigenvalue weighted by Gasteiger charge is -2.30. The summed E-state index contributed by atoms with van der Waals surface area (Å²) in [6.07, 6.45) is 6.16. The summed E-state index contributed by atoms with van der Waals surface area (Å²) in [4.78, 5) is 4.07. The third-order valence-electron chi connectivity index (χ3n) is 3.90. The molecule has 0 fully saturated rings. The van der Waals surface area contributed by atoms with Gasteiger partial charge >= 0.3 is 0 Å². The summed E-state index contributed by atoms with van der Waals surface area (Å²) >= 11 is 0. The molecule has 2 unspecified atom stereocenters. The van der Waals surface area contributed by atoms with Crippen molar-refractivity contribution in [1.29, 1.82) is 0 Å². The summed E-state index contributed by atoms with van der Waals surface area (Å²) in [5.41, 5.74) is 1.39. The van der Waals surface area contributed by atoms with E-state index in [1.54, 1.807) is 5.92 Å². The highest BCUT2D eigenvalue weighted by molar-refractivity contribution is 5.13. The van der Waals surface area contributed by atoms with Gasteiger partial charge in [0.1, 0.15) is 0 Å². The Morgan fingerprint density at radius 2 is 1.76 bits per heavy atom. The molecule has 95 valence electrons. The van der Waals surface area contributed by atoms with E-state index < -0.39 is 0 Å². The van der Waals surface area contributed by atoms with Gasteiger partial charge in [0.25, 0.3) is 0 Å². The molecule has 1 aromatic heterocycles. The van der Waals surface area contributed by atoms with Crippen LogP contribution in [0.25, 0.3) is 0 Å². The molecule has 0 saturated carbocycles. The van der Waals surface area contributed by atoms with Gasteiger partial charge in [-0.15, -0.1) is 0 Å². The van der Waals surface area contributed by atoms with E-state index in [2.05, 4.69) is 51.7 Å². The smallest absolute Gasteiger partial charge is 0.0270 e. The van der Waals surface area contributed by atoms with Crippen molar-refractivity contribution >= 4 is 0 Å². The second kappa shape index (κ2) is 6.78. The van der Waals surface area contributed by atoms with Crippen LogP contribution < -0.4 is 0 Å². The Hall–Kier alpha value is -0.850. The lowest BCUT2D eigenvalue weighted by Crippen LogP contribution is -2.22. The van der Waals surface area contributed by atoms with E-state index >= 15 is 0 Å². The normalized spacial score (nSPS) is 15.2. The largest absolute Gasteiger partial charge is 0.265 e. The predicted molar refractivity (Wildman–Crippen MR) is 74.6 cm³/mol. The molecule has 0 saturated heterocycles. The van der Waals surface area contributed by atoms with Crippen LogP contribution in [-0.4, -0.2) is 4.98 Å². The van der Waals surface area contributed by atoms with Crippen molar-refractivity contribution < 1.29 is 0 Å². The van der Waals surface area contributed by atoms with Gasteiger partial charge < -0.3 is 0 Å². The van der Waals surface area contributed by atoms with E-state index in [4.69, 9.17) is 0 Å². The maximum Gasteiger partial charge on any atom is 0.0270 e. The second-order valence-corrected chi connectivity index (χ2v) is 5.46. The van der Waals surface area contributed by atoms with Crippen molar-refractivity contribution in [3.05, 3.63) is 36.0 Å². The molecule has 0 aliphatic rings. The maximum atomic E-state index is 4.07. The number of hydrogen-bond donors (Lipinski definition) is 0. The van der Waals surface area contributed by atoms with Gasteiger partial charge in [-0.3, -0.25) is 4.98 Å². The predicted octanol–water partition coefficient (Wildman–Crippen LogP) is 4.54. The van der Waals surface area contributed by atoms with Gasteiger partial charge in [0.15, 0.2) is 0 Å². The first-order valence-electron chi connectivity index (χ1n) is 6.78. The summed E-state index contributed by atoms with van der Waals surface area (Å²) in [5.74, 6) is 3.82. The van der Waals surface area contributed by atoms with Gasteiger partial charge in [-0.25, -0.2) is 0 Å². The Morgan fingerprint density at radius 1 is 1.18 bits per heavy atom. The minimum absolute atomic E-state index is 0.657. The van der Waals surface area contributed by atoms with Crippen LogP contribution in [0.3, 0.4) is 0 Å². The van der Waals surface area contributed by atoms with E-state index in [-0.39, 0.29) is 0 Å². The van der Waals surface area contributed by atoms with Crippen LogP contribution in [0.1, 0.15) is 46.6 Å². The van der Waals surface area contributed by atoms with Gasteiger partial charge in [0.2, 0.25) is 0 Å². The molecule has 0 spiro atoms. The van der Waals surface area contributed by atoms with E-state index in [1.165, 1.54) is 12.0 Å². The van der Waals surface area contributed by atoms with E-state index in [1.807, 2.05) is 12.4 Å². The molecule has 0 aliphatic heterocycles. The zero-order chi connectivity index (χ0) is 12.8. The van der Waals surface area contributed by atoms with Gasteiger partial charge in [0.05, 0.1) is 0 Å². The summed E-state index contributed by atoms with van der Waals surface area (Å²) in [7, 11) is 0. The first kappa shape index (κ1) is 14.2. The fraction of sp³-hybridized carbons (Fsp3) is 0.625. The van der Waals surface area contributed by atoms with Crippen LogP contribution in [0.2, 0.25) is 0 Å². The molecule has 0 N–H and O–H groups in total. The average molecular weight is 232 g/mol.